The molecular weight excluding hydrogens is 378 g/mol. The molecule has 1 heterocycles. The highest BCUT2D eigenvalue weighted by Crippen LogP contribution is 2.21. The molecule has 0 atom stereocenters. The van der Waals surface area contributed by atoms with Crippen LogP contribution >= 0.6 is 11.8 Å². The Kier molecular flexibility index (Phi) is 8.80. The average Bonchev–Trinajstić information content (AvgIpc) is 3.18. The molecule has 1 N–H and O–H groups in total. The third-order valence-corrected chi connectivity index (χ3v) is 4.87. The average molecular weight is 406 g/mol. The van der Waals surface area contributed by atoms with Gasteiger partial charge in [-0.2, -0.15) is 0 Å². The predicted molar refractivity (Wildman–Crippen MR) is 109 cm³/mol. The van der Waals surface area contributed by atoms with Gasteiger partial charge in [-0.1, -0.05) is 25.6 Å². The van der Waals surface area contributed by atoms with Gasteiger partial charge in [-0.3, -0.25) is 14.2 Å². The highest BCUT2D eigenvalue weighted by molar-refractivity contribution is 7.99. The van der Waals surface area contributed by atoms with Crippen LogP contribution in [0.3, 0.4) is 0 Å². The lowest BCUT2D eigenvalue weighted by molar-refractivity contribution is -0.134. The first-order chi connectivity index (χ1) is 13.6. The quantitative estimate of drug-likeness (QED) is 0.576. The smallest absolute Gasteiger partial charge is 0.239 e. The highest BCUT2D eigenvalue weighted by atomic mass is 32.2. The van der Waals surface area contributed by atoms with Crippen LogP contribution in [-0.2, 0) is 9.59 Å². The lowest BCUT2D eigenvalue weighted by Gasteiger charge is -2.21. The summed E-state index contributed by atoms with van der Waals surface area (Å²) in [6.07, 6.45) is 3.26. The molecule has 8 nitrogen and oxygen atoms in total. The summed E-state index contributed by atoms with van der Waals surface area (Å²) in [4.78, 5) is 26.2. The number of hydrogen-bond donors (Lipinski definition) is 1. The van der Waals surface area contributed by atoms with Crippen molar-refractivity contribution in [3.05, 3.63) is 30.6 Å². The van der Waals surface area contributed by atoms with Crippen LogP contribution < -0.4 is 10.1 Å². The number of hydrogen-bond acceptors (Lipinski definition) is 6. The zero-order chi connectivity index (χ0) is 20.4. The molecule has 9 heteroatoms. The van der Waals surface area contributed by atoms with Crippen molar-refractivity contribution in [1.29, 1.82) is 0 Å². The lowest BCUT2D eigenvalue weighted by atomic mass is 10.3. The van der Waals surface area contributed by atoms with E-state index >= 15 is 0 Å². The van der Waals surface area contributed by atoms with Gasteiger partial charge in [-0.05, 0) is 37.1 Å². The molecule has 2 amide bonds. The van der Waals surface area contributed by atoms with E-state index in [9.17, 15) is 9.59 Å². The molecule has 0 spiro atoms. The second-order valence-electron chi connectivity index (χ2n) is 6.14. The largest absolute Gasteiger partial charge is 0.497 e. The minimum Gasteiger partial charge on any atom is -0.497 e. The summed E-state index contributed by atoms with van der Waals surface area (Å²) in [6, 6.07) is 7.50. The van der Waals surface area contributed by atoms with Crippen molar-refractivity contribution in [3.8, 4) is 11.4 Å². The van der Waals surface area contributed by atoms with E-state index in [1.165, 1.54) is 11.8 Å². The summed E-state index contributed by atoms with van der Waals surface area (Å²) in [5, 5.41) is 11.5. The summed E-state index contributed by atoms with van der Waals surface area (Å²) >= 11 is 1.30. The lowest BCUT2D eigenvalue weighted by Crippen LogP contribution is -2.42. The maximum Gasteiger partial charge on any atom is 0.239 e. The molecule has 0 aliphatic heterocycles. The SMILES string of the molecule is CCCNC(=O)CN(CCC)C(=O)CSc1nncn1-c1ccc(OC)cc1. The molecule has 0 unspecified atom stereocenters. The van der Waals surface area contributed by atoms with Crippen molar-refractivity contribution in [3.63, 3.8) is 0 Å². The van der Waals surface area contributed by atoms with Crippen LogP contribution in [0.4, 0.5) is 0 Å². The minimum atomic E-state index is -0.130. The number of benzene rings is 1. The third kappa shape index (κ3) is 6.26. The number of thioether (sulfide) groups is 1. The summed E-state index contributed by atoms with van der Waals surface area (Å²) in [6.45, 7) is 5.22. The Labute approximate surface area is 169 Å². The van der Waals surface area contributed by atoms with Gasteiger partial charge in [0.15, 0.2) is 5.16 Å². The van der Waals surface area contributed by atoms with E-state index in [1.807, 2.05) is 42.7 Å². The fourth-order valence-electron chi connectivity index (χ4n) is 2.52. The Balaban J connectivity index is 1.98. The van der Waals surface area contributed by atoms with Crippen molar-refractivity contribution in [2.75, 3.05) is 32.5 Å². The third-order valence-electron chi connectivity index (χ3n) is 3.94. The van der Waals surface area contributed by atoms with Gasteiger partial charge < -0.3 is 15.0 Å². The molecule has 0 radical (unpaired) electrons. The first kappa shape index (κ1) is 21.7. The highest BCUT2D eigenvalue weighted by Gasteiger charge is 2.18. The van der Waals surface area contributed by atoms with Gasteiger partial charge in [-0.25, -0.2) is 0 Å². The molecule has 152 valence electrons. The van der Waals surface area contributed by atoms with Crippen LogP contribution in [0.1, 0.15) is 26.7 Å². The molecule has 1 aromatic carbocycles. The van der Waals surface area contributed by atoms with Gasteiger partial charge >= 0.3 is 0 Å². The molecule has 1 aromatic heterocycles. The number of rotatable bonds is 11. The monoisotopic (exact) mass is 405 g/mol. The number of methoxy groups -OCH3 is 1. The topological polar surface area (TPSA) is 89.4 Å². The molecular formula is C19H27N5O3S. The number of ether oxygens (including phenoxy) is 1. The Morgan fingerprint density at radius 3 is 2.61 bits per heavy atom. The van der Waals surface area contributed by atoms with Gasteiger partial charge in [0.25, 0.3) is 0 Å². The summed E-state index contributed by atoms with van der Waals surface area (Å²) in [5.41, 5.74) is 0.880. The Morgan fingerprint density at radius 1 is 1.21 bits per heavy atom. The van der Waals surface area contributed by atoms with Crippen molar-refractivity contribution in [1.82, 2.24) is 25.0 Å². The Hall–Kier alpha value is -2.55. The number of carbonyl (C=O) groups excluding carboxylic acids is 2. The van der Waals surface area contributed by atoms with Crippen molar-refractivity contribution >= 4 is 23.6 Å². The first-order valence-corrected chi connectivity index (χ1v) is 10.3. The molecule has 0 aliphatic rings. The van der Waals surface area contributed by atoms with E-state index in [4.69, 9.17) is 4.74 Å². The van der Waals surface area contributed by atoms with E-state index in [0.717, 1.165) is 24.3 Å². The maximum atomic E-state index is 12.6. The van der Waals surface area contributed by atoms with Crippen molar-refractivity contribution in [2.45, 2.75) is 31.8 Å². The van der Waals surface area contributed by atoms with Gasteiger partial charge in [0.2, 0.25) is 11.8 Å². The predicted octanol–water partition coefficient (Wildman–Crippen LogP) is 2.13. The summed E-state index contributed by atoms with van der Waals surface area (Å²) < 4.78 is 6.99. The van der Waals surface area contributed by atoms with Crippen molar-refractivity contribution < 1.29 is 14.3 Å². The van der Waals surface area contributed by atoms with Crippen LogP contribution in [0.15, 0.2) is 35.7 Å². The first-order valence-electron chi connectivity index (χ1n) is 9.30. The van der Waals surface area contributed by atoms with Crippen LogP contribution in [0.25, 0.3) is 5.69 Å². The normalized spacial score (nSPS) is 10.5. The summed E-state index contributed by atoms with van der Waals surface area (Å²) in [7, 11) is 1.62. The number of nitrogens with one attached hydrogen (secondary N) is 1. The fourth-order valence-corrected chi connectivity index (χ4v) is 3.35. The number of aromatic nitrogens is 3. The molecule has 2 rings (SSSR count). The van der Waals surface area contributed by atoms with E-state index in [-0.39, 0.29) is 24.1 Å². The maximum absolute atomic E-state index is 12.6. The van der Waals surface area contributed by atoms with Crippen LogP contribution in [0.2, 0.25) is 0 Å². The molecule has 2 aromatic rings. The molecule has 0 aliphatic carbocycles. The second-order valence-corrected chi connectivity index (χ2v) is 7.08. The van der Waals surface area contributed by atoms with E-state index in [0.29, 0.717) is 18.2 Å². The molecule has 28 heavy (non-hydrogen) atoms. The van der Waals surface area contributed by atoms with Gasteiger partial charge in [0, 0.05) is 18.8 Å². The molecule has 0 saturated carbocycles. The Morgan fingerprint density at radius 2 is 1.96 bits per heavy atom. The van der Waals surface area contributed by atoms with Crippen LogP contribution in [-0.4, -0.2) is 64.0 Å². The summed E-state index contributed by atoms with van der Waals surface area (Å²) in [5.74, 6) is 0.728. The van der Waals surface area contributed by atoms with Crippen LogP contribution in [0, 0.1) is 0 Å². The van der Waals surface area contributed by atoms with Gasteiger partial charge in [-0.15, -0.1) is 10.2 Å². The van der Waals surface area contributed by atoms with E-state index in [2.05, 4.69) is 15.5 Å². The van der Waals surface area contributed by atoms with Gasteiger partial charge in [0.1, 0.15) is 12.1 Å². The van der Waals surface area contributed by atoms with Crippen LogP contribution in [0.5, 0.6) is 5.75 Å². The van der Waals surface area contributed by atoms with E-state index in [1.54, 1.807) is 18.3 Å². The molecule has 0 saturated heterocycles. The van der Waals surface area contributed by atoms with E-state index < -0.39 is 0 Å². The fraction of sp³-hybridized carbons (Fsp3) is 0.474. The minimum absolute atomic E-state index is 0.0817. The molecule has 0 fully saturated rings. The Bertz CT molecular complexity index is 763. The zero-order valence-corrected chi connectivity index (χ0v) is 17.4. The second kappa shape index (κ2) is 11.3. The number of carbonyl (C=O) groups is 2. The molecule has 0 bridgehead atoms. The number of nitrogens with zero attached hydrogens (tertiary/aromatic N) is 4. The van der Waals surface area contributed by atoms with Crippen molar-refractivity contribution in [2.24, 2.45) is 0 Å². The number of amides is 2. The standard InChI is InChI=1S/C19H27N5O3S/c1-4-10-20-17(25)12-23(11-5-2)18(26)13-28-19-22-21-14-24(19)15-6-8-16(27-3)9-7-15/h6-9,14H,4-5,10-13H2,1-3H3,(H,20,25). The van der Waals surface area contributed by atoms with Gasteiger partial charge in [0.05, 0.1) is 19.4 Å². The zero-order valence-electron chi connectivity index (χ0n) is 16.6.